The van der Waals surface area contributed by atoms with Crippen LogP contribution in [0.1, 0.15) is 94.4 Å². The van der Waals surface area contributed by atoms with E-state index >= 15 is 0 Å². The highest BCUT2D eigenvalue weighted by Crippen LogP contribution is 2.31. The van der Waals surface area contributed by atoms with Crippen LogP contribution in [0.3, 0.4) is 0 Å². The molecule has 8 heteroatoms. The number of nitrogens with zero attached hydrogens (tertiary/aromatic N) is 5. The summed E-state index contributed by atoms with van der Waals surface area (Å²) >= 11 is 0. The molecule has 2 aliphatic rings. The van der Waals surface area contributed by atoms with E-state index in [9.17, 15) is 0 Å². The van der Waals surface area contributed by atoms with Gasteiger partial charge in [0.05, 0.1) is 12.7 Å². The van der Waals surface area contributed by atoms with Crippen molar-refractivity contribution < 1.29 is 0 Å². The molecule has 2 heterocycles. The van der Waals surface area contributed by atoms with Gasteiger partial charge < -0.3 is 16.0 Å². The van der Waals surface area contributed by atoms with Crippen LogP contribution in [0.4, 0.5) is 5.95 Å². The van der Waals surface area contributed by atoms with E-state index in [0.717, 1.165) is 44.3 Å². The van der Waals surface area contributed by atoms with Crippen molar-refractivity contribution in [3.05, 3.63) is 29.8 Å². The molecule has 0 spiro atoms. The highest BCUT2D eigenvalue weighted by atomic mass is 15.4. The molecule has 0 amide bonds. The number of anilines is 1. The van der Waals surface area contributed by atoms with Gasteiger partial charge in [-0.3, -0.25) is 4.68 Å². The van der Waals surface area contributed by atoms with Gasteiger partial charge in [0.25, 0.3) is 0 Å². The summed E-state index contributed by atoms with van der Waals surface area (Å²) < 4.78 is 1.93. The Morgan fingerprint density at radius 3 is 2.55 bits per heavy atom. The lowest BCUT2D eigenvalue weighted by molar-refractivity contribution is 0.371. The predicted molar refractivity (Wildman–Crippen MR) is 132 cm³/mol. The zero-order chi connectivity index (χ0) is 22.6. The third-order valence-corrected chi connectivity index (χ3v) is 7.02. The molecule has 0 bridgehead atoms. The van der Waals surface area contributed by atoms with Gasteiger partial charge in [-0.15, -0.1) is 5.10 Å². The zero-order valence-corrected chi connectivity index (χ0v) is 20.1. The standard InChI is InChI=1S/C25H42N8/c1-3-9-21(10-4-1)24-13-17-28-25(30-24)29-19-23-20-33(32-31-23)18-8-15-26-14-7-16-27-22-11-5-2-6-12-22/h13,17,20-22,26-27H,1-12,14-16,18-19H2,(H,28,29,30). The van der Waals surface area contributed by atoms with Crippen LogP contribution < -0.4 is 16.0 Å². The van der Waals surface area contributed by atoms with Gasteiger partial charge >= 0.3 is 0 Å². The lowest BCUT2D eigenvalue weighted by Gasteiger charge is -2.22. The molecule has 0 unspecified atom stereocenters. The van der Waals surface area contributed by atoms with Gasteiger partial charge in [-0.05, 0) is 64.2 Å². The molecule has 33 heavy (non-hydrogen) atoms. The normalized spacial score (nSPS) is 17.9. The fourth-order valence-electron chi connectivity index (χ4n) is 5.10. The molecule has 0 radical (unpaired) electrons. The Balaban J connectivity index is 1.07. The third kappa shape index (κ3) is 8.34. The van der Waals surface area contributed by atoms with Gasteiger partial charge in [0.2, 0.25) is 5.95 Å². The fraction of sp³-hybridized carbons (Fsp3) is 0.760. The van der Waals surface area contributed by atoms with Crippen LogP contribution in [0, 0.1) is 0 Å². The molecule has 2 aromatic heterocycles. The maximum Gasteiger partial charge on any atom is 0.223 e. The van der Waals surface area contributed by atoms with Crippen LogP contribution in [0.25, 0.3) is 0 Å². The molecule has 8 nitrogen and oxygen atoms in total. The van der Waals surface area contributed by atoms with Crippen molar-refractivity contribution in [2.75, 3.05) is 25.0 Å². The molecule has 0 saturated heterocycles. The van der Waals surface area contributed by atoms with Gasteiger partial charge in [-0.1, -0.05) is 43.7 Å². The first-order valence-corrected chi connectivity index (χ1v) is 13.3. The Kier molecular flexibility index (Phi) is 9.92. The summed E-state index contributed by atoms with van der Waals surface area (Å²) in [6.45, 7) is 4.70. The molecule has 0 aromatic carbocycles. The van der Waals surface area contributed by atoms with Crippen LogP contribution in [0.2, 0.25) is 0 Å². The molecule has 2 aromatic rings. The second-order valence-corrected chi connectivity index (χ2v) is 9.71. The first kappa shape index (κ1) is 24.1. The van der Waals surface area contributed by atoms with Gasteiger partial charge in [-0.2, -0.15) is 0 Å². The van der Waals surface area contributed by atoms with E-state index in [1.807, 2.05) is 17.1 Å². The maximum atomic E-state index is 4.75. The minimum atomic E-state index is 0.588. The van der Waals surface area contributed by atoms with E-state index in [0.29, 0.717) is 18.4 Å². The van der Waals surface area contributed by atoms with Crippen molar-refractivity contribution in [2.45, 2.75) is 102 Å². The molecule has 0 atom stereocenters. The predicted octanol–water partition coefficient (Wildman–Crippen LogP) is 4.02. The van der Waals surface area contributed by atoms with E-state index < -0.39 is 0 Å². The second-order valence-electron chi connectivity index (χ2n) is 9.71. The molecule has 4 rings (SSSR count). The van der Waals surface area contributed by atoms with E-state index in [4.69, 9.17) is 4.98 Å². The minimum absolute atomic E-state index is 0.588. The van der Waals surface area contributed by atoms with Crippen LogP contribution in [0.15, 0.2) is 18.5 Å². The topological polar surface area (TPSA) is 92.6 Å². The summed E-state index contributed by atoms with van der Waals surface area (Å²) in [7, 11) is 0. The average Bonchev–Trinajstić information content (AvgIpc) is 3.33. The van der Waals surface area contributed by atoms with E-state index in [1.165, 1.54) is 76.3 Å². The van der Waals surface area contributed by atoms with Crippen LogP contribution >= 0.6 is 0 Å². The molecule has 2 fully saturated rings. The van der Waals surface area contributed by atoms with Crippen molar-refractivity contribution in [1.29, 1.82) is 0 Å². The lowest BCUT2D eigenvalue weighted by atomic mass is 9.87. The number of aryl methyl sites for hydroxylation is 1. The fourth-order valence-corrected chi connectivity index (χ4v) is 5.10. The van der Waals surface area contributed by atoms with E-state index in [1.54, 1.807) is 0 Å². The summed E-state index contributed by atoms with van der Waals surface area (Å²) in [4.78, 5) is 9.13. The third-order valence-electron chi connectivity index (χ3n) is 7.02. The molecule has 2 saturated carbocycles. The Bertz CT molecular complexity index is 795. The van der Waals surface area contributed by atoms with Crippen molar-refractivity contribution in [2.24, 2.45) is 0 Å². The van der Waals surface area contributed by atoms with Crippen molar-refractivity contribution in [1.82, 2.24) is 35.6 Å². The Morgan fingerprint density at radius 2 is 1.70 bits per heavy atom. The number of rotatable bonds is 13. The monoisotopic (exact) mass is 454 g/mol. The number of hydrogen-bond donors (Lipinski definition) is 3. The van der Waals surface area contributed by atoms with Gasteiger partial charge in [-0.25, -0.2) is 9.97 Å². The van der Waals surface area contributed by atoms with Crippen molar-refractivity contribution in [3.8, 4) is 0 Å². The van der Waals surface area contributed by atoms with Crippen LogP contribution in [-0.4, -0.2) is 50.6 Å². The molecular formula is C25H42N8. The summed E-state index contributed by atoms with van der Waals surface area (Å²) in [5.41, 5.74) is 2.09. The Morgan fingerprint density at radius 1 is 0.909 bits per heavy atom. The first-order chi connectivity index (χ1) is 16.4. The average molecular weight is 455 g/mol. The van der Waals surface area contributed by atoms with Crippen LogP contribution in [-0.2, 0) is 13.1 Å². The Hall–Kier alpha value is -2.06. The minimum Gasteiger partial charge on any atom is -0.348 e. The summed E-state index contributed by atoms with van der Waals surface area (Å²) in [5, 5.41) is 19.1. The quantitative estimate of drug-likeness (QED) is 0.394. The van der Waals surface area contributed by atoms with Gasteiger partial charge in [0.1, 0.15) is 5.69 Å². The molecular weight excluding hydrogens is 412 g/mol. The van der Waals surface area contributed by atoms with Crippen LogP contribution in [0.5, 0.6) is 0 Å². The summed E-state index contributed by atoms with van der Waals surface area (Å²) in [5.74, 6) is 1.28. The van der Waals surface area contributed by atoms with Crippen molar-refractivity contribution in [3.63, 3.8) is 0 Å². The smallest absolute Gasteiger partial charge is 0.223 e. The molecule has 3 N–H and O–H groups in total. The van der Waals surface area contributed by atoms with E-state index in [2.05, 4.69) is 37.3 Å². The molecule has 2 aliphatic carbocycles. The Labute approximate surface area is 198 Å². The largest absolute Gasteiger partial charge is 0.348 e. The summed E-state index contributed by atoms with van der Waals surface area (Å²) in [6.07, 6.45) is 19.6. The lowest BCUT2D eigenvalue weighted by Crippen LogP contribution is -2.33. The van der Waals surface area contributed by atoms with Crippen molar-refractivity contribution >= 4 is 5.95 Å². The summed E-state index contributed by atoms with van der Waals surface area (Å²) in [6, 6.07) is 2.83. The number of nitrogens with one attached hydrogen (secondary N) is 3. The molecule has 0 aliphatic heterocycles. The second kappa shape index (κ2) is 13.6. The van der Waals surface area contributed by atoms with Gasteiger partial charge in [0, 0.05) is 30.4 Å². The molecule has 182 valence electrons. The SMILES string of the molecule is c1cc(C2CCCCC2)nc(NCc2cn(CCCNCCCNC3CCCCC3)nn2)n1. The van der Waals surface area contributed by atoms with Gasteiger partial charge in [0.15, 0.2) is 0 Å². The highest BCUT2D eigenvalue weighted by molar-refractivity contribution is 5.27. The maximum absolute atomic E-state index is 4.75. The number of hydrogen-bond acceptors (Lipinski definition) is 7. The zero-order valence-electron chi connectivity index (χ0n) is 20.1. The highest BCUT2D eigenvalue weighted by Gasteiger charge is 2.17. The number of aromatic nitrogens is 5. The first-order valence-electron chi connectivity index (χ1n) is 13.3. The van der Waals surface area contributed by atoms with E-state index in [-0.39, 0.29) is 0 Å².